The van der Waals surface area contributed by atoms with Crippen molar-refractivity contribution < 1.29 is 9.53 Å². The Kier molecular flexibility index (Phi) is 4.05. The molecule has 0 bridgehead atoms. The van der Waals surface area contributed by atoms with Gasteiger partial charge in [0.2, 0.25) is 5.91 Å². The number of carbonyl (C=O) groups is 1. The smallest absolute Gasteiger partial charge is 0.224 e. The fourth-order valence-electron chi connectivity index (χ4n) is 1.06. The molecular weight excluding hydrogens is 212 g/mol. The maximum absolute atomic E-state index is 10.6. The maximum Gasteiger partial charge on any atom is 0.224 e. The summed E-state index contributed by atoms with van der Waals surface area (Å²) in [5.41, 5.74) is 5.79. The van der Waals surface area contributed by atoms with Gasteiger partial charge in [-0.2, -0.15) is 0 Å². The number of nitrogens with one attached hydrogen (secondary N) is 1. The number of benzene rings is 1. The molecule has 0 aliphatic carbocycles. The summed E-state index contributed by atoms with van der Waals surface area (Å²) in [6, 6.07) is 7.26. The maximum atomic E-state index is 10.6. The number of rotatable bonds is 4. The topological polar surface area (TPSA) is 64.3 Å². The molecule has 0 heterocycles. The van der Waals surface area contributed by atoms with E-state index in [2.05, 4.69) is 5.32 Å². The summed E-state index contributed by atoms with van der Waals surface area (Å²) in [7, 11) is 1.58. The van der Waals surface area contributed by atoms with E-state index in [4.69, 9.17) is 22.7 Å². The van der Waals surface area contributed by atoms with Crippen molar-refractivity contribution in [1.29, 1.82) is 0 Å². The summed E-state index contributed by atoms with van der Waals surface area (Å²) in [5, 5.41) is 2.90. The Morgan fingerprint density at radius 1 is 1.60 bits per heavy atom. The van der Waals surface area contributed by atoms with Crippen molar-refractivity contribution in [3.8, 4) is 5.75 Å². The minimum absolute atomic E-state index is 0.0482. The van der Waals surface area contributed by atoms with Crippen LogP contribution in [0.15, 0.2) is 24.3 Å². The second kappa shape index (κ2) is 5.31. The molecule has 4 nitrogen and oxygen atoms in total. The Morgan fingerprint density at radius 2 is 2.33 bits per heavy atom. The third-order valence-electron chi connectivity index (χ3n) is 1.69. The van der Waals surface area contributed by atoms with Crippen molar-refractivity contribution >= 4 is 28.8 Å². The van der Waals surface area contributed by atoms with Crippen LogP contribution in [0.5, 0.6) is 5.75 Å². The van der Waals surface area contributed by atoms with Gasteiger partial charge >= 0.3 is 0 Å². The second-order valence-electron chi connectivity index (χ2n) is 2.92. The zero-order valence-corrected chi connectivity index (χ0v) is 9.14. The number of hydrogen-bond donors (Lipinski definition) is 2. The minimum atomic E-state index is -0.449. The molecule has 0 fully saturated rings. The Balaban J connectivity index is 2.63. The van der Waals surface area contributed by atoms with Gasteiger partial charge in [-0.1, -0.05) is 18.3 Å². The summed E-state index contributed by atoms with van der Waals surface area (Å²) in [6.45, 7) is 0. The minimum Gasteiger partial charge on any atom is -0.497 e. The first kappa shape index (κ1) is 11.5. The molecule has 0 aromatic heterocycles. The molecule has 0 aliphatic heterocycles. The van der Waals surface area contributed by atoms with Crippen LogP contribution in [0.2, 0.25) is 0 Å². The number of carbonyl (C=O) groups excluding carboxylic acids is 1. The molecule has 15 heavy (non-hydrogen) atoms. The highest BCUT2D eigenvalue weighted by atomic mass is 32.1. The van der Waals surface area contributed by atoms with E-state index < -0.39 is 5.91 Å². The molecule has 0 unspecified atom stereocenters. The van der Waals surface area contributed by atoms with Gasteiger partial charge < -0.3 is 15.8 Å². The van der Waals surface area contributed by atoms with Gasteiger partial charge in [0.05, 0.1) is 18.5 Å². The third-order valence-corrected chi connectivity index (χ3v) is 1.93. The van der Waals surface area contributed by atoms with E-state index in [1.807, 2.05) is 18.2 Å². The predicted molar refractivity (Wildman–Crippen MR) is 63.0 cm³/mol. The van der Waals surface area contributed by atoms with Gasteiger partial charge in [0.1, 0.15) is 5.75 Å². The normalized spacial score (nSPS) is 9.40. The molecule has 0 aliphatic rings. The Hall–Kier alpha value is -1.62. The second-order valence-corrected chi connectivity index (χ2v) is 3.42. The highest BCUT2D eigenvalue weighted by molar-refractivity contribution is 7.80. The summed E-state index contributed by atoms with van der Waals surface area (Å²) >= 11 is 4.94. The van der Waals surface area contributed by atoms with Crippen LogP contribution >= 0.6 is 12.2 Å². The van der Waals surface area contributed by atoms with Gasteiger partial charge in [-0.3, -0.25) is 4.79 Å². The van der Waals surface area contributed by atoms with Gasteiger partial charge in [-0.25, -0.2) is 0 Å². The van der Waals surface area contributed by atoms with Gasteiger partial charge in [0.15, 0.2) is 0 Å². The number of primary amides is 1. The molecular formula is C10H12N2O2S. The van der Waals surface area contributed by atoms with Crippen LogP contribution in [0.1, 0.15) is 6.42 Å². The molecule has 0 radical (unpaired) electrons. The first-order valence-electron chi connectivity index (χ1n) is 4.34. The van der Waals surface area contributed by atoms with Crippen molar-refractivity contribution in [1.82, 2.24) is 0 Å². The Bertz CT molecular complexity index is 379. The molecule has 1 amide bonds. The average Bonchev–Trinajstić information content (AvgIpc) is 2.16. The predicted octanol–water partition coefficient (Wildman–Crippen LogP) is 1.31. The molecule has 1 rings (SSSR count). The first-order chi connectivity index (χ1) is 7.11. The molecule has 0 atom stereocenters. The molecule has 0 saturated carbocycles. The molecule has 0 saturated heterocycles. The van der Waals surface area contributed by atoms with E-state index in [1.54, 1.807) is 13.2 Å². The SMILES string of the molecule is COc1cccc(NC(=S)CC(N)=O)c1. The molecule has 1 aromatic carbocycles. The van der Waals surface area contributed by atoms with Crippen LogP contribution in [0, 0.1) is 0 Å². The van der Waals surface area contributed by atoms with E-state index in [9.17, 15) is 4.79 Å². The quantitative estimate of drug-likeness (QED) is 0.757. The Morgan fingerprint density at radius 3 is 2.93 bits per heavy atom. The summed E-state index contributed by atoms with van der Waals surface area (Å²) < 4.78 is 5.04. The van der Waals surface area contributed by atoms with E-state index in [0.717, 1.165) is 11.4 Å². The number of methoxy groups -OCH3 is 1. The highest BCUT2D eigenvalue weighted by Gasteiger charge is 2.02. The van der Waals surface area contributed by atoms with E-state index >= 15 is 0 Å². The third kappa shape index (κ3) is 3.95. The summed E-state index contributed by atoms with van der Waals surface area (Å²) in [4.78, 5) is 11.0. The monoisotopic (exact) mass is 224 g/mol. The number of amides is 1. The lowest BCUT2D eigenvalue weighted by Crippen LogP contribution is -2.20. The van der Waals surface area contributed by atoms with Crippen molar-refractivity contribution in [2.24, 2.45) is 5.73 Å². The summed E-state index contributed by atoms with van der Waals surface area (Å²) in [5.74, 6) is 0.275. The van der Waals surface area contributed by atoms with E-state index in [1.165, 1.54) is 0 Å². The number of hydrogen-bond acceptors (Lipinski definition) is 3. The summed E-state index contributed by atoms with van der Waals surface area (Å²) in [6.07, 6.45) is 0.0482. The van der Waals surface area contributed by atoms with Gasteiger partial charge in [-0.15, -0.1) is 0 Å². The average molecular weight is 224 g/mol. The fraction of sp³-hybridized carbons (Fsp3) is 0.200. The lowest BCUT2D eigenvalue weighted by atomic mass is 10.3. The zero-order valence-electron chi connectivity index (χ0n) is 8.32. The van der Waals surface area contributed by atoms with E-state index in [0.29, 0.717) is 4.99 Å². The fourth-order valence-corrected chi connectivity index (χ4v) is 1.32. The molecule has 80 valence electrons. The lowest BCUT2D eigenvalue weighted by Gasteiger charge is -2.07. The van der Waals surface area contributed by atoms with Gasteiger partial charge in [0, 0.05) is 11.8 Å². The molecule has 1 aromatic rings. The Labute approximate surface area is 93.4 Å². The number of ether oxygens (including phenoxy) is 1. The van der Waals surface area contributed by atoms with Crippen molar-refractivity contribution in [3.63, 3.8) is 0 Å². The van der Waals surface area contributed by atoms with Gasteiger partial charge in [-0.05, 0) is 12.1 Å². The van der Waals surface area contributed by atoms with Crippen molar-refractivity contribution in [2.45, 2.75) is 6.42 Å². The van der Waals surface area contributed by atoms with Crippen LogP contribution in [0.4, 0.5) is 5.69 Å². The highest BCUT2D eigenvalue weighted by Crippen LogP contribution is 2.16. The van der Waals surface area contributed by atoms with Crippen molar-refractivity contribution in [3.05, 3.63) is 24.3 Å². The standard InChI is InChI=1S/C10H12N2O2S/c1-14-8-4-2-3-7(5-8)12-10(15)6-9(11)13/h2-5H,6H2,1H3,(H2,11,13)(H,12,15). The zero-order chi connectivity index (χ0) is 11.3. The largest absolute Gasteiger partial charge is 0.497 e. The molecule has 5 heteroatoms. The molecule has 0 spiro atoms. The van der Waals surface area contributed by atoms with Crippen LogP contribution in [-0.2, 0) is 4.79 Å². The number of nitrogens with two attached hydrogens (primary N) is 1. The number of thiocarbonyl (C=S) groups is 1. The van der Waals surface area contributed by atoms with Crippen molar-refractivity contribution in [2.75, 3.05) is 12.4 Å². The van der Waals surface area contributed by atoms with Crippen LogP contribution in [-0.4, -0.2) is 18.0 Å². The first-order valence-corrected chi connectivity index (χ1v) is 4.75. The molecule has 3 N–H and O–H groups in total. The van der Waals surface area contributed by atoms with Crippen LogP contribution in [0.3, 0.4) is 0 Å². The van der Waals surface area contributed by atoms with Crippen LogP contribution < -0.4 is 15.8 Å². The lowest BCUT2D eigenvalue weighted by molar-refractivity contribution is -0.116. The van der Waals surface area contributed by atoms with Crippen LogP contribution in [0.25, 0.3) is 0 Å². The van der Waals surface area contributed by atoms with Gasteiger partial charge in [0.25, 0.3) is 0 Å². The number of anilines is 1. The van der Waals surface area contributed by atoms with E-state index in [-0.39, 0.29) is 6.42 Å².